The predicted octanol–water partition coefficient (Wildman–Crippen LogP) is 3.58. The average Bonchev–Trinajstić information content (AvgIpc) is 3.21. The third-order valence-corrected chi connectivity index (χ3v) is 4.38. The lowest BCUT2D eigenvalue weighted by atomic mass is 10.1. The fraction of sp³-hybridized carbons (Fsp3) is 0.462. The van der Waals surface area contributed by atoms with Gasteiger partial charge < -0.3 is 14.8 Å². The highest BCUT2D eigenvalue weighted by Gasteiger charge is 2.37. The Morgan fingerprint density at radius 1 is 1.32 bits per heavy atom. The van der Waals surface area contributed by atoms with Crippen LogP contribution in [0.5, 0.6) is 5.75 Å². The first-order valence-electron chi connectivity index (χ1n) is 5.94. The highest BCUT2D eigenvalue weighted by Crippen LogP contribution is 2.39. The van der Waals surface area contributed by atoms with Gasteiger partial charge in [-0.05, 0) is 56.7 Å². The van der Waals surface area contributed by atoms with Crippen molar-refractivity contribution < 1.29 is 14.3 Å². The molecule has 1 aliphatic carbocycles. The van der Waals surface area contributed by atoms with Gasteiger partial charge in [-0.25, -0.2) is 4.79 Å². The van der Waals surface area contributed by atoms with Gasteiger partial charge in [-0.15, -0.1) is 0 Å². The van der Waals surface area contributed by atoms with Crippen LogP contribution in [0.3, 0.4) is 0 Å². The number of hydrogen-bond acceptors (Lipinski definition) is 4. The fourth-order valence-corrected chi connectivity index (χ4v) is 3.16. The summed E-state index contributed by atoms with van der Waals surface area (Å²) in [6.45, 7) is 0. The van der Waals surface area contributed by atoms with Crippen molar-refractivity contribution in [3.63, 3.8) is 0 Å². The molecular weight excluding hydrogens is 378 g/mol. The van der Waals surface area contributed by atoms with Crippen LogP contribution >= 0.6 is 31.9 Å². The molecule has 0 bridgehead atoms. The number of esters is 1. The lowest BCUT2D eigenvalue weighted by Gasteiger charge is -2.19. The molecule has 0 heterocycles. The van der Waals surface area contributed by atoms with Crippen molar-refractivity contribution in [2.24, 2.45) is 5.92 Å². The van der Waals surface area contributed by atoms with E-state index < -0.39 is 0 Å². The van der Waals surface area contributed by atoms with Crippen molar-refractivity contribution in [3.8, 4) is 5.75 Å². The minimum Gasteiger partial charge on any atom is -0.495 e. The second-order valence-electron chi connectivity index (χ2n) is 4.45. The molecule has 19 heavy (non-hydrogen) atoms. The number of ether oxygens (including phenoxy) is 2. The molecule has 0 saturated heterocycles. The first-order valence-corrected chi connectivity index (χ1v) is 7.52. The fourth-order valence-electron chi connectivity index (χ4n) is 1.89. The van der Waals surface area contributed by atoms with Gasteiger partial charge in [-0.2, -0.15) is 0 Å². The normalized spacial score (nSPS) is 15.8. The maximum Gasteiger partial charge on any atom is 0.328 e. The van der Waals surface area contributed by atoms with Gasteiger partial charge in [0.2, 0.25) is 0 Å². The quantitative estimate of drug-likeness (QED) is 0.778. The standard InChI is InChI=1S/C13H15Br2NO3/c1-18-11-6-10(8(14)5-9(11)15)16-12(7-3-4-7)13(17)19-2/h5-7,12,16H,3-4H2,1-2H3. The summed E-state index contributed by atoms with van der Waals surface area (Å²) in [7, 11) is 3.02. The zero-order valence-electron chi connectivity index (χ0n) is 10.7. The number of anilines is 1. The van der Waals surface area contributed by atoms with Gasteiger partial charge >= 0.3 is 5.97 Å². The molecule has 0 amide bonds. The lowest BCUT2D eigenvalue weighted by molar-refractivity contribution is -0.142. The number of hydrogen-bond donors (Lipinski definition) is 1. The van der Waals surface area contributed by atoms with Gasteiger partial charge in [0.1, 0.15) is 11.8 Å². The summed E-state index contributed by atoms with van der Waals surface area (Å²) in [6, 6.07) is 3.45. The summed E-state index contributed by atoms with van der Waals surface area (Å²) in [4.78, 5) is 11.8. The van der Waals surface area contributed by atoms with Crippen LogP contribution in [0.25, 0.3) is 0 Å². The largest absolute Gasteiger partial charge is 0.495 e. The minimum atomic E-state index is -0.299. The van der Waals surface area contributed by atoms with E-state index in [-0.39, 0.29) is 12.0 Å². The number of carbonyl (C=O) groups excluding carboxylic acids is 1. The minimum absolute atomic E-state index is 0.226. The molecule has 1 aromatic rings. The van der Waals surface area contributed by atoms with E-state index in [2.05, 4.69) is 37.2 Å². The molecule has 0 aliphatic heterocycles. The zero-order chi connectivity index (χ0) is 14.0. The molecule has 0 radical (unpaired) electrons. The van der Waals surface area contributed by atoms with Gasteiger partial charge in [0, 0.05) is 10.5 Å². The maximum atomic E-state index is 11.8. The topological polar surface area (TPSA) is 47.6 Å². The highest BCUT2D eigenvalue weighted by molar-refractivity contribution is 9.11. The van der Waals surface area contributed by atoms with Gasteiger partial charge in [-0.1, -0.05) is 0 Å². The smallest absolute Gasteiger partial charge is 0.328 e. The Morgan fingerprint density at radius 2 is 2.00 bits per heavy atom. The van der Waals surface area contributed by atoms with Gasteiger partial charge in [0.15, 0.2) is 0 Å². The molecule has 2 rings (SSSR count). The second-order valence-corrected chi connectivity index (χ2v) is 6.16. The van der Waals surface area contributed by atoms with E-state index in [0.717, 1.165) is 27.5 Å². The molecular formula is C13H15Br2NO3. The lowest BCUT2D eigenvalue weighted by Crippen LogP contribution is -2.32. The number of methoxy groups -OCH3 is 2. The average molecular weight is 393 g/mol. The Hall–Kier alpha value is -0.750. The Morgan fingerprint density at radius 3 is 2.53 bits per heavy atom. The molecule has 6 heteroatoms. The zero-order valence-corrected chi connectivity index (χ0v) is 13.9. The van der Waals surface area contributed by atoms with Gasteiger partial charge in [0.25, 0.3) is 0 Å². The predicted molar refractivity (Wildman–Crippen MR) is 80.5 cm³/mol. The van der Waals surface area contributed by atoms with Crippen LogP contribution < -0.4 is 10.1 Å². The number of benzene rings is 1. The van der Waals surface area contributed by atoms with Crippen LogP contribution in [0, 0.1) is 5.92 Å². The molecule has 1 fully saturated rings. The molecule has 1 saturated carbocycles. The Kier molecular flexibility index (Phi) is 4.73. The monoisotopic (exact) mass is 391 g/mol. The summed E-state index contributed by atoms with van der Waals surface area (Å²) >= 11 is 6.90. The van der Waals surface area contributed by atoms with Gasteiger partial charge in [0.05, 0.1) is 24.4 Å². The molecule has 1 unspecified atom stereocenters. The van der Waals surface area contributed by atoms with Crippen molar-refractivity contribution in [1.29, 1.82) is 0 Å². The first-order chi connectivity index (χ1) is 9.06. The summed E-state index contributed by atoms with van der Waals surface area (Å²) in [6.07, 6.45) is 2.11. The molecule has 1 aliphatic rings. The van der Waals surface area contributed by atoms with E-state index in [0.29, 0.717) is 11.7 Å². The van der Waals surface area contributed by atoms with Crippen LogP contribution in [0.4, 0.5) is 5.69 Å². The molecule has 1 aromatic carbocycles. The van der Waals surface area contributed by atoms with Crippen LogP contribution in [-0.4, -0.2) is 26.2 Å². The van der Waals surface area contributed by atoms with E-state index >= 15 is 0 Å². The first kappa shape index (κ1) is 14.7. The molecule has 4 nitrogen and oxygen atoms in total. The summed E-state index contributed by atoms with van der Waals surface area (Å²) in [5.41, 5.74) is 0.822. The van der Waals surface area contributed by atoms with E-state index in [4.69, 9.17) is 9.47 Å². The van der Waals surface area contributed by atoms with Crippen molar-refractivity contribution in [2.75, 3.05) is 19.5 Å². The van der Waals surface area contributed by atoms with Crippen molar-refractivity contribution in [2.45, 2.75) is 18.9 Å². The Bertz CT molecular complexity index is 489. The van der Waals surface area contributed by atoms with Crippen LogP contribution in [0.1, 0.15) is 12.8 Å². The van der Waals surface area contributed by atoms with E-state index in [1.54, 1.807) is 7.11 Å². The van der Waals surface area contributed by atoms with Crippen molar-refractivity contribution in [3.05, 3.63) is 21.1 Å². The second kappa shape index (κ2) is 6.13. The SMILES string of the molecule is COC(=O)C(Nc1cc(OC)c(Br)cc1Br)C1CC1. The molecule has 1 atom stereocenters. The van der Waals surface area contributed by atoms with Crippen molar-refractivity contribution >= 4 is 43.5 Å². The van der Waals surface area contributed by atoms with Crippen LogP contribution in [0.15, 0.2) is 21.1 Å². The Balaban J connectivity index is 2.23. The summed E-state index contributed by atoms with van der Waals surface area (Å²) < 4.78 is 11.8. The van der Waals surface area contributed by atoms with E-state index in [1.807, 2.05) is 12.1 Å². The van der Waals surface area contributed by atoms with Crippen molar-refractivity contribution in [1.82, 2.24) is 0 Å². The van der Waals surface area contributed by atoms with Crippen LogP contribution in [-0.2, 0) is 9.53 Å². The number of nitrogens with one attached hydrogen (secondary N) is 1. The molecule has 1 N–H and O–H groups in total. The van der Waals surface area contributed by atoms with E-state index in [9.17, 15) is 4.79 Å². The van der Waals surface area contributed by atoms with E-state index in [1.165, 1.54) is 7.11 Å². The number of rotatable bonds is 5. The summed E-state index contributed by atoms with van der Waals surface area (Å²) in [5.74, 6) is 0.843. The third-order valence-electron chi connectivity index (χ3n) is 3.10. The molecule has 0 aromatic heterocycles. The Labute approximate surface area is 129 Å². The van der Waals surface area contributed by atoms with Crippen LogP contribution in [0.2, 0.25) is 0 Å². The highest BCUT2D eigenvalue weighted by atomic mass is 79.9. The molecule has 104 valence electrons. The summed E-state index contributed by atoms with van der Waals surface area (Å²) in [5, 5.41) is 3.24. The number of carbonyl (C=O) groups is 1. The van der Waals surface area contributed by atoms with Gasteiger partial charge in [-0.3, -0.25) is 0 Å². The number of halogens is 2. The maximum absolute atomic E-state index is 11.8. The molecule has 0 spiro atoms. The third kappa shape index (κ3) is 3.42.